The number of hydrogen-bond acceptors (Lipinski definition) is 3. The predicted octanol–water partition coefficient (Wildman–Crippen LogP) is 2.64. The van der Waals surface area contributed by atoms with Gasteiger partial charge in [-0.2, -0.15) is 5.10 Å². The highest BCUT2D eigenvalue weighted by Crippen LogP contribution is 2.40. The van der Waals surface area contributed by atoms with Gasteiger partial charge in [0, 0.05) is 12.0 Å². The first-order valence-corrected chi connectivity index (χ1v) is 7.66. The van der Waals surface area contributed by atoms with Crippen LogP contribution >= 0.6 is 0 Å². The molecule has 4 nitrogen and oxygen atoms in total. The maximum Gasteiger partial charge on any atom is 0.514 e. The van der Waals surface area contributed by atoms with Crippen LogP contribution < -0.4 is 5.59 Å². The van der Waals surface area contributed by atoms with E-state index in [1.807, 2.05) is 0 Å². The lowest BCUT2D eigenvalue weighted by atomic mass is 9.84. The van der Waals surface area contributed by atoms with Crippen molar-refractivity contribution < 1.29 is 9.31 Å². The Kier molecular flexibility index (Phi) is 3.07. The number of rotatable bonds is 3. The summed E-state index contributed by atoms with van der Waals surface area (Å²) in [6.07, 6.45) is 2.52. The van der Waals surface area contributed by atoms with E-state index in [4.69, 9.17) is 14.4 Å². The summed E-state index contributed by atoms with van der Waals surface area (Å²) in [5.74, 6) is 0.649. The van der Waals surface area contributed by atoms with Gasteiger partial charge in [-0.15, -0.1) is 0 Å². The lowest BCUT2D eigenvalue weighted by Crippen LogP contribution is -2.41. The van der Waals surface area contributed by atoms with Crippen LogP contribution in [-0.2, 0) is 9.31 Å². The molecule has 2 fully saturated rings. The molecule has 0 unspecified atom stereocenters. The van der Waals surface area contributed by atoms with Crippen molar-refractivity contribution in [3.63, 3.8) is 0 Å². The Morgan fingerprint density at radius 1 is 1.20 bits per heavy atom. The minimum absolute atomic E-state index is 0.302. The van der Waals surface area contributed by atoms with Crippen LogP contribution in [0.1, 0.15) is 72.0 Å². The first-order valence-electron chi connectivity index (χ1n) is 7.66. The third-order valence-corrected chi connectivity index (χ3v) is 4.76. The molecule has 110 valence electrons. The number of nitrogens with zero attached hydrogens (tertiary/aromatic N) is 2. The van der Waals surface area contributed by atoms with E-state index in [0.717, 1.165) is 5.59 Å². The van der Waals surface area contributed by atoms with Crippen molar-refractivity contribution in [1.29, 1.82) is 0 Å². The molecule has 20 heavy (non-hydrogen) atoms. The van der Waals surface area contributed by atoms with Gasteiger partial charge in [-0.1, -0.05) is 0 Å². The molecule has 1 saturated carbocycles. The van der Waals surface area contributed by atoms with Crippen LogP contribution in [0.3, 0.4) is 0 Å². The summed E-state index contributed by atoms with van der Waals surface area (Å²) in [7, 11) is -0.317. The van der Waals surface area contributed by atoms with Crippen LogP contribution in [0.4, 0.5) is 0 Å². The van der Waals surface area contributed by atoms with E-state index in [2.05, 4.69) is 52.3 Å². The molecule has 0 spiro atoms. The molecule has 0 bridgehead atoms. The molecule has 1 aliphatic carbocycles. The highest BCUT2D eigenvalue weighted by atomic mass is 16.7. The highest BCUT2D eigenvalue weighted by Gasteiger charge is 2.53. The predicted molar refractivity (Wildman–Crippen MR) is 80.3 cm³/mol. The summed E-state index contributed by atoms with van der Waals surface area (Å²) >= 11 is 0. The number of hydrogen-bond donors (Lipinski definition) is 0. The van der Waals surface area contributed by atoms with Crippen LogP contribution in [0.25, 0.3) is 0 Å². The quantitative estimate of drug-likeness (QED) is 0.796. The SMILES string of the molecule is CC(C)n1nc(C2CC2)cc1B1OC(C)(C)C(C)(C)O1. The molecular weight excluding hydrogens is 251 g/mol. The van der Waals surface area contributed by atoms with Crippen molar-refractivity contribution in [1.82, 2.24) is 9.78 Å². The van der Waals surface area contributed by atoms with Gasteiger partial charge >= 0.3 is 7.12 Å². The minimum atomic E-state index is -0.317. The lowest BCUT2D eigenvalue weighted by Gasteiger charge is -2.32. The fraction of sp³-hybridized carbons (Fsp3) is 0.800. The second-order valence-electron chi connectivity index (χ2n) is 7.39. The smallest absolute Gasteiger partial charge is 0.398 e. The van der Waals surface area contributed by atoms with Gasteiger partial charge in [-0.25, -0.2) is 0 Å². The molecule has 2 heterocycles. The Morgan fingerprint density at radius 2 is 1.75 bits per heavy atom. The summed E-state index contributed by atoms with van der Waals surface area (Å²) in [4.78, 5) is 0. The Hall–Kier alpha value is -0.805. The van der Waals surface area contributed by atoms with Gasteiger partial charge in [0.25, 0.3) is 0 Å². The molecule has 0 aromatic carbocycles. The van der Waals surface area contributed by atoms with Gasteiger partial charge in [-0.3, -0.25) is 4.68 Å². The normalized spacial score (nSPS) is 24.6. The van der Waals surface area contributed by atoms with Crippen LogP contribution in [0.2, 0.25) is 0 Å². The molecule has 0 N–H and O–H groups in total. The third kappa shape index (κ3) is 2.21. The van der Waals surface area contributed by atoms with Crippen molar-refractivity contribution in [2.75, 3.05) is 0 Å². The van der Waals surface area contributed by atoms with Gasteiger partial charge in [0.1, 0.15) is 0 Å². The van der Waals surface area contributed by atoms with Crippen LogP contribution in [-0.4, -0.2) is 28.1 Å². The highest BCUT2D eigenvalue weighted by molar-refractivity contribution is 6.61. The van der Waals surface area contributed by atoms with Crippen molar-refractivity contribution in [2.45, 2.75) is 77.5 Å². The Balaban J connectivity index is 1.94. The van der Waals surface area contributed by atoms with Gasteiger partial charge in [0.15, 0.2) is 0 Å². The van der Waals surface area contributed by atoms with E-state index < -0.39 is 0 Å². The fourth-order valence-corrected chi connectivity index (χ4v) is 2.56. The topological polar surface area (TPSA) is 36.3 Å². The zero-order valence-electron chi connectivity index (χ0n) is 13.4. The van der Waals surface area contributed by atoms with E-state index in [1.54, 1.807) is 0 Å². The first kappa shape index (κ1) is 14.1. The minimum Gasteiger partial charge on any atom is -0.398 e. The van der Waals surface area contributed by atoms with Crippen LogP contribution in [0.5, 0.6) is 0 Å². The van der Waals surface area contributed by atoms with E-state index in [1.165, 1.54) is 18.5 Å². The largest absolute Gasteiger partial charge is 0.514 e. The average molecular weight is 276 g/mol. The fourth-order valence-electron chi connectivity index (χ4n) is 2.56. The van der Waals surface area contributed by atoms with Gasteiger partial charge in [-0.05, 0) is 60.5 Å². The lowest BCUT2D eigenvalue weighted by molar-refractivity contribution is 0.00578. The molecule has 1 saturated heterocycles. The van der Waals surface area contributed by atoms with Gasteiger partial charge in [0.2, 0.25) is 0 Å². The van der Waals surface area contributed by atoms with Gasteiger partial charge < -0.3 is 9.31 Å². The van der Waals surface area contributed by atoms with E-state index in [0.29, 0.717) is 12.0 Å². The molecule has 5 heteroatoms. The van der Waals surface area contributed by atoms with E-state index in [-0.39, 0.29) is 18.3 Å². The molecular formula is C15H25BN2O2. The van der Waals surface area contributed by atoms with Crippen molar-refractivity contribution in [2.24, 2.45) is 0 Å². The maximum absolute atomic E-state index is 6.17. The molecule has 2 aliphatic rings. The van der Waals surface area contributed by atoms with E-state index >= 15 is 0 Å². The van der Waals surface area contributed by atoms with Gasteiger partial charge in [0.05, 0.1) is 22.5 Å². The second kappa shape index (κ2) is 4.34. The molecule has 0 atom stereocenters. The number of aromatic nitrogens is 2. The molecule has 3 rings (SSSR count). The van der Waals surface area contributed by atoms with Crippen LogP contribution in [0, 0.1) is 0 Å². The molecule has 1 aromatic heterocycles. The summed E-state index contributed by atoms with van der Waals surface area (Å²) in [5.41, 5.74) is 1.65. The monoisotopic (exact) mass is 276 g/mol. The molecule has 1 aliphatic heterocycles. The Morgan fingerprint density at radius 3 is 2.20 bits per heavy atom. The Labute approximate surface area is 122 Å². The van der Waals surface area contributed by atoms with Crippen LogP contribution in [0.15, 0.2) is 6.07 Å². The van der Waals surface area contributed by atoms with Crippen molar-refractivity contribution >= 4 is 12.7 Å². The average Bonchev–Trinajstić information content (AvgIpc) is 3.00. The summed E-state index contributed by atoms with van der Waals surface area (Å²) in [6, 6.07) is 2.50. The molecule has 0 amide bonds. The van der Waals surface area contributed by atoms with E-state index in [9.17, 15) is 0 Å². The summed E-state index contributed by atoms with van der Waals surface area (Å²) in [5, 5.41) is 4.77. The second-order valence-corrected chi connectivity index (χ2v) is 7.39. The van der Waals surface area contributed by atoms with Crippen molar-refractivity contribution in [3.05, 3.63) is 11.8 Å². The third-order valence-electron chi connectivity index (χ3n) is 4.76. The Bertz CT molecular complexity index is 502. The summed E-state index contributed by atoms with van der Waals surface area (Å²) in [6.45, 7) is 12.7. The maximum atomic E-state index is 6.17. The van der Waals surface area contributed by atoms with Crippen molar-refractivity contribution in [3.8, 4) is 0 Å². The molecule has 1 aromatic rings. The zero-order valence-corrected chi connectivity index (χ0v) is 13.4. The first-order chi connectivity index (χ1) is 9.21. The molecule has 0 radical (unpaired) electrons. The summed E-state index contributed by atoms with van der Waals surface area (Å²) < 4.78 is 14.4. The zero-order chi connectivity index (χ0) is 14.7. The standard InChI is InChI=1S/C15H25BN2O2/c1-10(2)18-13(9-12(17-18)11-7-8-11)16-19-14(3,4)15(5,6)20-16/h9-11H,7-8H2,1-6H3.